The predicted octanol–water partition coefficient (Wildman–Crippen LogP) is 3.71. The Kier molecular flexibility index (Phi) is 5.32. The van der Waals surface area contributed by atoms with Gasteiger partial charge in [0.1, 0.15) is 4.88 Å². The molecular formula is C14H24N2OS. The lowest BCUT2D eigenvalue weighted by atomic mass is 10.0. The van der Waals surface area contributed by atoms with E-state index in [1.165, 1.54) is 11.3 Å². The molecule has 1 N–H and O–H groups in total. The second kappa shape index (κ2) is 6.32. The SMILES string of the molecule is CCCCc1nc(C)c(C(=O)NC(C)(C)CC)s1. The fourth-order valence-electron chi connectivity index (χ4n) is 1.55. The van der Waals surface area contributed by atoms with Gasteiger partial charge < -0.3 is 5.32 Å². The van der Waals surface area contributed by atoms with E-state index in [2.05, 4.69) is 24.1 Å². The van der Waals surface area contributed by atoms with Crippen LogP contribution >= 0.6 is 11.3 Å². The van der Waals surface area contributed by atoms with Crippen LogP contribution in [0.3, 0.4) is 0 Å². The van der Waals surface area contributed by atoms with Crippen molar-refractivity contribution in [1.82, 2.24) is 10.3 Å². The highest BCUT2D eigenvalue weighted by molar-refractivity contribution is 7.13. The monoisotopic (exact) mass is 268 g/mol. The minimum absolute atomic E-state index is 0.0135. The Morgan fingerprint density at radius 3 is 2.61 bits per heavy atom. The van der Waals surface area contributed by atoms with Gasteiger partial charge in [-0.1, -0.05) is 20.3 Å². The smallest absolute Gasteiger partial charge is 0.263 e. The van der Waals surface area contributed by atoms with Gasteiger partial charge >= 0.3 is 0 Å². The first-order chi connectivity index (χ1) is 8.39. The van der Waals surface area contributed by atoms with Crippen molar-refractivity contribution >= 4 is 17.2 Å². The van der Waals surface area contributed by atoms with Crippen molar-refractivity contribution in [2.45, 2.75) is 65.8 Å². The number of unbranched alkanes of at least 4 members (excludes halogenated alkanes) is 1. The van der Waals surface area contributed by atoms with Crippen LogP contribution in [0.25, 0.3) is 0 Å². The van der Waals surface area contributed by atoms with Crippen LogP contribution in [-0.4, -0.2) is 16.4 Å². The third-order valence-corrected chi connectivity index (χ3v) is 4.34. The van der Waals surface area contributed by atoms with Crippen molar-refractivity contribution in [3.63, 3.8) is 0 Å². The van der Waals surface area contributed by atoms with Gasteiger partial charge in [0.05, 0.1) is 10.7 Å². The quantitative estimate of drug-likeness (QED) is 0.854. The maximum absolute atomic E-state index is 12.2. The first-order valence-electron chi connectivity index (χ1n) is 6.68. The molecular weight excluding hydrogens is 244 g/mol. The molecule has 0 saturated carbocycles. The summed E-state index contributed by atoms with van der Waals surface area (Å²) in [6, 6.07) is 0. The van der Waals surface area contributed by atoms with Crippen LogP contribution in [0.2, 0.25) is 0 Å². The highest BCUT2D eigenvalue weighted by Crippen LogP contribution is 2.21. The molecule has 0 atom stereocenters. The van der Waals surface area contributed by atoms with E-state index >= 15 is 0 Å². The number of aromatic nitrogens is 1. The lowest BCUT2D eigenvalue weighted by Crippen LogP contribution is -2.42. The molecule has 0 aliphatic carbocycles. The Bertz CT molecular complexity index is 410. The summed E-state index contributed by atoms with van der Waals surface area (Å²) in [5, 5.41) is 4.14. The van der Waals surface area contributed by atoms with Crippen LogP contribution in [0.15, 0.2) is 0 Å². The van der Waals surface area contributed by atoms with E-state index in [-0.39, 0.29) is 11.4 Å². The topological polar surface area (TPSA) is 42.0 Å². The Balaban J connectivity index is 2.77. The van der Waals surface area contributed by atoms with Gasteiger partial charge in [-0.3, -0.25) is 4.79 Å². The third-order valence-electron chi connectivity index (χ3n) is 3.13. The Labute approximate surface area is 114 Å². The standard InChI is InChI=1S/C14H24N2OS/c1-6-8-9-11-15-10(3)12(18-11)13(17)16-14(4,5)7-2/h6-9H2,1-5H3,(H,16,17). The first kappa shape index (κ1) is 15.2. The van der Waals surface area contributed by atoms with Gasteiger partial charge in [-0.05, 0) is 40.0 Å². The average molecular weight is 268 g/mol. The lowest BCUT2D eigenvalue weighted by molar-refractivity contribution is 0.0914. The molecule has 18 heavy (non-hydrogen) atoms. The Morgan fingerprint density at radius 1 is 1.39 bits per heavy atom. The molecule has 0 aliphatic heterocycles. The van der Waals surface area contributed by atoms with Crippen LogP contribution in [0.5, 0.6) is 0 Å². The van der Waals surface area contributed by atoms with Gasteiger partial charge in [0.15, 0.2) is 0 Å². The van der Waals surface area contributed by atoms with E-state index in [1.54, 1.807) is 0 Å². The molecule has 0 aromatic carbocycles. The van der Waals surface area contributed by atoms with Crippen LogP contribution in [0.1, 0.15) is 67.3 Å². The van der Waals surface area contributed by atoms with Gasteiger partial charge in [-0.2, -0.15) is 0 Å². The summed E-state index contributed by atoms with van der Waals surface area (Å²) < 4.78 is 0. The highest BCUT2D eigenvalue weighted by Gasteiger charge is 2.22. The second-order valence-corrected chi connectivity index (χ2v) is 6.40. The molecule has 0 aliphatic rings. The molecule has 4 heteroatoms. The molecule has 0 saturated heterocycles. The molecule has 1 amide bonds. The third kappa shape index (κ3) is 4.09. The van der Waals surface area contributed by atoms with Crippen molar-refractivity contribution < 1.29 is 4.79 Å². The zero-order chi connectivity index (χ0) is 13.8. The van der Waals surface area contributed by atoms with Crippen molar-refractivity contribution in [2.24, 2.45) is 0 Å². The number of hydrogen-bond acceptors (Lipinski definition) is 3. The molecule has 3 nitrogen and oxygen atoms in total. The number of carbonyl (C=O) groups is 1. The normalized spacial score (nSPS) is 11.6. The fraction of sp³-hybridized carbons (Fsp3) is 0.714. The van der Waals surface area contributed by atoms with E-state index < -0.39 is 0 Å². The molecule has 0 spiro atoms. The summed E-state index contributed by atoms with van der Waals surface area (Å²) in [6.07, 6.45) is 4.18. The maximum Gasteiger partial charge on any atom is 0.263 e. The molecule has 1 aromatic heterocycles. The van der Waals surface area contributed by atoms with Crippen molar-refractivity contribution in [3.05, 3.63) is 15.6 Å². The van der Waals surface area contributed by atoms with Gasteiger partial charge in [-0.15, -0.1) is 11.3 Å². The van der Waals surface area contributed by atoms with Crippen LogP contribution in [-0.2, 0) is 6.42 Å². The molecule has 0 bridgehead atoms. The van der Waals surface area contributed by atoms with Crippen molar-refractivity contribution in [2.75, 3.05) is 0 Å². The number of nitrogens with zero attached hydrogens (tertiary/aromatic N) is 1. The molecule has 1 aromatic rings. The molecule has 0 unspecified atom stereocenters. The lowest BCUT2D eigenvalue weighted by Gasteiger charge is -2.24. The Hall–Kier alpha value is -0.900. The summed E-state index contributed by atoms with van der Waals surface area (Å²) in [6.45, 7) is 10.2. The highest BCUT2D eigenvalue weighted by atomic mass is 32.1. The van der Waals surface area contributed by atoms with Crippen molar-refractivity contribution in [1.29, 1.82) is 0 Å². The summed E-state index contributed by atoms with van der Waals surface area (Å²) in [5.74, 6) is 0.0135. The summed E-state index contributed by atoms with van der Waals surface area (Å²) >= 11 is 1.54. The van der Waals surface area contributed by atoms with E-state index in [0.717, 1.165) is 41.3 Å². The van der Waals surface area contributed by atoms with E-state index in [9.17, 15) is 4.79 Å². The molecule has 1 rings (SSSR count). The zero-order valence-corrected chi connectivity index (χ0v) is 12.9. The van der Waals surface area contributed by atoms with Gasteiger partial charge in [-0.25, -0.2) is 4.98 Å². The number of thiazole rings is 1. The number of hydrogen-bond donors (Lipinski definition) is 1. The maximum atomic E-state index is 12.2. The number of amides is 1. The molecule has 0 fully saturated rings. The van der Waals surface area contributed by atoms with Gasteiger partial charge in [0.2, 0.25) is 0 Å². The van der Waals surface area contributed by atoms with E-state index in [4.69, 9.17) is 0 Å². The number of nitrogens with one attached hydrogen (secondary N) is 1. The molecule has 102 valence electrons. The van der Waals surface area contributed by atoms with Crippen molar-refractivity contribution in [3.8, 4) is 0 Å². The molecule has 0 radical (unpaired) electrons. The van der Waals surface area contributed by atoms with E-state index in [0.29, 0.717) is 0 Å². The minimum atomic E-state index is -0.156. The molecule has 1 heterocycles. The number of carbonyl (C=O) groups excluding carboxylic acids is 1. The van der Waals surface area contributed by atoms with Gasteiger partial charge in [0.25, 0.3) is 5.91 Å². The zero-order valence-electron chi connectivity index (χ0n) is 12.1. The summed E-state index contributed by atoms with van der Waals surface area (Å²) in [7, 11) is 0. The Morgan fingerprint density at radius 2 is 2.06 bits per heavy atom. The minimum Gasteiger partial charge on any atom is -0.346 e. The van der Waals surface area contributed by atoms with Crippen LogP contribution in [0.4, 0.5) is 0 Å². The van der Waals surface area contributed by atoms with E-state index in [1.807, 2.05) is 20.8 Å². The number of aryl methyl sites for hydroxylation is 2. The average Bonchev–Trinajstić information content (AvgIpc) is 2.67. The summed E-state index contributed by atoms with van der Waals surface area (Å²) in [5.41, 5.74) is 0.701. The fourth-order valence-corrected chi connectivity index (χ4v) is 2.55. The second-order valence-electron chi connectivity index (χ2n) is 5.32. The predicted molar refractivity (Wildman–Crippen MR) is 77.3 cm³/mol. The van der Waals surface area contributed by atoms with Crippen LogP contribution < -0.4 is 5.32 Å². The number of rotatable bonds is 6. The van der Waals surface area contributed by atoms with Crippen LogP contribution in [0, 0.1) is 6.92 Å². The van der Waals surface area contributed by atoms with Gasteiger partial charge in [0, 0.05) is 5.54 Å². The largest absolute Gasteiger partial charge is 0.346 e. The summed E-state index contributed by atoms with van der Waals surface area (Å²) in [4.78, 5) is 17.4. The first-order valence-corrected chi connectivity index (χ1v) is 7.50.